The number of nitrogens with one attached hydrogen (secondary N) is 1. The molecule has 1 aliphatic heterocycles. The Kier molecular flexibility index (Phi) is 4.99. The highest BCUT2D eigenvalue weighted by Gasteiger charge is 2.22. The largest absolute Gasteiger partial charge is 0.484 e. The first-order valence-corrected chi connectivity index (χ1v) is 9.26. The van der Waals surface area contributed by atoms with Crippen molar-refractivity contribution in [3.63, 3.8) is 0 Å². The zero-order valence-electron chi connectivity index (χ0n) is 15.5. The van der Waals surface area contributed by atoms with Crippen LogP contribution in [0.1, 0.15) is 23.9 Å². The Bertz CT molecular complexity index is 1140. The molecule has 4 rings (SSSR count). The van der Waals surface area contributed by atoms with Crippen LogP contribution in [0, 0.1) is 0 Å². The van der Waals surface area contributed by atoms with Crippen molar-refractivity contribution in [3.05, 3.63) is 70.3 Å². The quantitative estimate of drug-likeness (QED) is 0.659. The summed E-state index contributed by atoms with van der Waals surface area (Å²) in [7, 11) is 0. The average molecular weight is 393 g/mol. The van der Waals surface area contributed by atoms with Gasteiger partial charge >= 0.3 is 5.97 Å². The van der Waals surface area contributed by atoms with Crippen molar-refractivity contribution < 1.29 is 19.4 Å². The molecule has 0 saturated heterocycles. The highest BCUT2D eigenvalue weighted by molar-refractivity contribution is 5.85. The number of aliphatic carboxylic acids is 1. The minimum absolute atomic E-state index is 0.118. The molecule has 0 aliphatic carbocycles. The summed E-state index contributed by atoms with van der Waals surface area (Å²) in [6, 6.07) is 12.1. The summed E-state index contributed by atoms with van der Waals surface area (Å²) in [4.78, 5) is 40.8. The lowest BCUT2D eigenvalue weighted by molar-refractivity contribution is -0.142. The Morgan fingerprint density at radius 1 is 1.21 bits per heavy atom. The number of aromatic nitrogens is 2. The molecule has 0 spiro atoms. The fourth-order valence-electron chi connectivity index (χ4n) is 3.44. The van der Waals surface area contributed by atoms with E-state index >= 15 is 0 Å². The van der Waals surface area contributed by atoms with E-state index in [-0.39, 0.29) is 12.2 Å². The molecule has 0 saturated carbocycles. The molecular weight excluding hydrogens is 374 g/mol. The van der Waals surface area contributed by atoms with Gasteiger partial charge in [0.2, 0.25) is 0 Å². The lowest BCUT2D eigenvalue weighted by Crippen LogP contribution is -2.36. The van der Waals surface area contributed by atoms with Crippen LogP contribution in [0.2, 0.25) is 0 Å². The SMILES string of the molecule is O=C(COc1ccc2nc3n(c(=O)c2c1)CCC3)NC(C(=O)O)c1ccccc1. The molecular formula is C21H19N3O5. The second-order valence-electron chi connectivity index (χ2n) is 6.81. The Balaban J connectivity index is 1.47. The van der Waals surface area contributed by atoms with Gasteiger partial charge in [0.15, 0.2) is 12.6 Å². The topological polar surface area (TPSA) is 111 Å². The molecule has 8 heteroatoms. The molecule has 1 amide bonds. The molecule has 0 radical (unpaired) electrons. The maximum absolute atomic E-state index is 12.6. The monoisotopic (exact) mass is 393 g/mol. The number of benzene rings is 2. The second-order valence-corrected chi connectivity index (χ2v) is 6.81. The number of fused-ring (bicyclic) bond motifs is 2. The smallest absolute Gasteiger partial charge is 0.330 e. The molecule has 8 nitrogen and oxygen atoms in total. The van der Waals surface area contributed by atoms with Crippen molar-refractivity contribution in [1.29, 1.82) is 0 Å². The third kappa shape index (κ3) is 3.82. The summed E-state index contributed by atoms with van der Waals surface area (Å²) in [5, 5.41) is 12.3. The van der Waals surface area contributed by atoms with Crippen LogP contribution in [-0.2, 0) is 22.6 Å². The van der Waals surface area contributed by atoms with Gasteiger partial charge in [-0.2, -0.15) is 0 Å². The van der Waals surface area contributed by atoms with Crippen LogP contribution in [0.3, 0.4) is 0 Å². The van der Waals surface area contributed by atoms with Crippen LogP contribution in [0.25, 0.3) is 10.9 Å². The summed E-state index contributed by atoms with van der Waals surface area (Å²) in [5.74, 6) is -0.610. The van der Waals surface area contributed by atoms with E-state index in [0.717, 1.165) is 18.7 Å². The molecule has 0 fully saturated rings. The number of rotatable bonds is 6. The molecule has 2 heterocycles. The number of nitrogens with zero attached hydrogens (tertiary/aromatic N) is 2. The van der Waals surface area contributed by atoms with Gasteiger partial charge in [0.05, 0.1) is 10.9 Å². The lowest BCUT2D eigenvalue weighted by Gasteiger charge is -2.15. The Labute approximate surface area is 165 Å². The summed E-state index contributed by atoms with van der Waals surface area (Å²) >= 11 is 0. The number of hydrogen-bond donors (Lipinski definition) is 2. The first kappa shape index (κ1) is 18.7. The molecule has 1 unspecified atom stereocenters. The summed E-state index contributed by atoms with van der Waals surface area (Å²) in [5.41, 5.74) is 0.939. The Hall–Kier alpha value is -3.68. The third-order valence-electron chi connectivity index (χ3n) is 4.84. The normalized spacial score (nSPS) is 13.7. The zero-order chi connectivity index (χ0) is 20.4. The van der Waals surface area contributed by atoms with Crippen LogP contribution in [0.4, 0.5) is 0 Å². The third-order valence-corrected chi connectivity index (χ3v) is 4.84. The number of carboxylic acids is 1. The minimum atomic E-state index is -1.17. The van der Waals surface area contributed by atoms with Gasteiger partial charge in [-0.25, -0.2) is 9.78 Å². The average Bonchev–Trinajstić information content (AvgIpc) is 3.20. The fourth-order valence-corrected chi connectivity index (χ4v) is 3.44. The number of ether oxygens (including phenoxy) is 1. The van der Waals surface area contributed by atoms with E-state index in [1.165, 1.54) is 0 Å². The zero-order valence-corrected chi connectivity index (χ0v) is 15.5. The lowest BCUT2D eigenvalue weighted by atomic mass is 10.1. The first-order chi connectivity index (χ1) is 14.0. The van der Waals surface area contributed by atoms with Gasteiger partial charge in [0.25, 0.3) is 11.5 Å². The molecule has 3 aromatic rings. The second kappa shape index (κ2) is 7.75. The molecule has 1 aromatic heterocycles. The molecule has 1 aliphatic rings. The van der Waals surface area contributed by atoms with E-state index in [1.807, 2.05) is 0 Å². The van der Waals surface area contributed by atoms with E-state index in [9.17, 15) is 19.5 Å². The van der Waals surface area contributed by atoms with Gasteiger partial charge in [0.1, 0.15) is 11.6 Å². The maximum Gasteiger partial charge on any atom is 0.330 e. The molecule has 148 valence electrons. The highest BCUT2D eigenvalue weighted by atomic mass is 16.5. The van der Waals surface area contributed by atoms with Crippen molar-refractivity contribution in [2.75, 3.05) is 6.61 Å². The molecule has 1 atom stereocenters. The van der Waals surface area contributed by atoms with E-state index in [4.69, 9.17) is 4.74 Å². The van der Waals surface area contributed by atoms with Gasteiger partial charge in [-0.3, -0.25) is 14.2 Å². The molecule has 2 aromatic carbocycles. The van der Waals surface area contributed by atoms with Gasteiger partial charge in [-0.15, -0.1) is 0 Å². The van der Waals surface area contributed by atoms with Crippen LogP contribution in [-0.4, -0.2) is 33.1 Å². The van der Waals surface area contributed by atoms with Crippen LogP contribution >= 0.6 is 0 Å². The summed E-state index contributed by atoms with van der Waals surface area (Å²) in [6.45, 7) is 0.280. The molecule has 0 bridgehead atoms. The van der Waals surface area contributed by atoms with Crippen molar-refractivity contribution in [2.45, 2.75) is 25.4 Å². The number of carboxylic acid groups (broad SMARTS) is 1. The van der Waals surface area contributed by atoms with Crippen LogP contribution in [0.5, 0.6) is 5.75 Å². The van der Waals surface area contributed by atoms with E-state index in [0.29, 0.717) is 28.8 Å². The van der Waals surface area contributed by atoms with Gasteiger partial charge in [-0.05, 0) is 30.2 Å². The van der Waals surface area contributed by atoms with Gasteiger partial charge in [0, 0.05) is 13.0 Å². The van der Waals surface area contributed by atoms with Gasteiger partial charge < -0.3 is 15.2 Å². The van der Waals surface area contributed by atoms with Crippen LogP contribution in [0.15, 0.2) is 53.3 Å². The number of amides is 1. The standard InChI is InChI=1S/C21H19N3O5/c25-18(23-19(21(27)28)13-5-2-1-3-6-13)12-29-14-8-9-16-15(11-14)20(26)24-10-4-7-17(24)22-16/h1-3,5-6,8-9,11,19H,4,7,10,12H2,(H,23,25)(H,27,28). The number of hydrogen-bond acceptors (Lipinski definition) is 5. The fraction of sp³-hybridized carbons (Fsp3) is 0.238. The maximum atomic E-state index is 12.6. The van der Waals surface area contributed by atoms with E-state index in [1.54, 1.807) is 53.1 Å². The van der Waals surface area contributed by atoms with Crippen molar-refractivity contribution in [3.8, 4) is 5.75 Å². The van der Waals surface area contributed by atoms with Crippen molar-refractivity contribution >= 4 is 22.8 Å². The summed E-state index contributed by atoms with van der Waals surface area (Å²) < 4.78 is 7.15. The predicted octanol–water partition coefficient (Wildman–Crippen LogP) is 1.66. The number of carbonyl (C=O) groups excluding carboxylic acids is 1. The predicted molar refractivity (Wildman–Crippen MR) is 105 cm³/mol. The van der Waals surface area contributed by atoms with Crippen LogP contribution < -0.4 is 15.6 Å². The molecule has 29 heavy (non-hydrogen) atoms. The van der Waals surface area contributed by atoms with Crippen molar-refractivity contribution in [1.82, 2.24) is 14.9 Å². The Morgan fingerprint density at radius 2 is 2.00 bits per heavy atom. The molecule has 2 N–H and O–H groups in total. The summed E-state index contributed by atoms with van der Waals surface area (Å²) in [6.07, 6.45) is 1.68. The van der Waals surface area contributed by atoms with Crippen molar-refractivity contribution in [2.24, 2.45) is 0 Å². The number of aryl methyl sites for hydroxylation is 1. The van der Waals surface area contributed by atoms with E-state index in [2.05, 4.69) is 10.3 Å². The van der Waals surface area contributed by atoms with E-state index < -0.39 is 17.9 Å². The number of carbonyl (C=O) groups is 2. The van der Waals surface area contributed by atoms with Gasteiger partial charge in [-0.1, -0.05) is 30.3 Å². The highest BCUT2D eigenvalue weighted by Crippen LogP contribution is 2.20. The Morgan fingerprint density at radius 3 is 2.76 bits per heavy atom. The minimum Gasteiger partial charge on any atom is -0.484 e. The first-order valence-electron chi connectivity index (χ1n) is 9.26.